The summed E-state index contributed by atoms with van der Waals surface area (Å²) in [5, 5.41) is 5.82. The molecule has 0 radical (unpaired) electrons. The van der Waals surface area contributed by atoms with Gasteiger partial charge in [-0.05, 0) is 50.6 Å². The van der Waals surface area contributed by atoms with E-state index in [1.165, 1.54) is 17.5 Å². The molecule has 174 valence electrons. The molecule has 0 unspecified atom stereocenters. The number of anilines is 2. The maximum Gasteiger partial charge on any atom is 0.253 e. The molecule has 0 atom stereocenters. The summed E-state index contributed by atoms with van der Waals surface area (Å²) in [5.41, 5.74) is 1.15. The minimum atomic E-state index is -3.59. The molecule has 0 heterocycles. The van der Waals surface area contributed by atoms with E-state index in [0.29, 0.717) is 22.7 Å². The SMILES string of the molecule is COc1ccc(N(CCCC(=O)Nc2ccccc2C(=O)NC(C)C)S(C)(=O)=O)cc1Cl. The second-order valence-corrected chi connectivity index (χ2v) is 9.79. The molecule has 8 nitrogen and oxygen atoms in total. The van der Waals surface area contributed by atoms with Gasteiger partial charge in [0.2, 0.25) is 15.9 Å². The molecular formula is C22H28ClN3O5S. The first-order valence-electron chi connectivity index (χ1n) is 10.0. The Hall–Kier alpha value is -2.78. The highest BCUT2D eigenvalue weighted by atomic mass is 35.5. The number of carbonyl (C=O) groups excluding carboxylic acids is 2. The monoisotopic (exact) mass is 481 g/mol. The lowest BCUT2D eigenvalue weighted by atomic mass is 10.1. The van der Waals surface area contributed by atoms with Crippen LogP contribution in [0.4, 0.5) is 11.4 Å². The molecule has 2 aromatic carbocycles. The van der Waals surface area contributed by atoms with Crippen molar-refractivity contribution in [3.63, 3.8) is 0 Å². The van der Waals surface area contributed by atoms with Gasteiger partial charge in [0, 0.05) is 19.0 Å². The van der Waals surface area contributed by atoms with Crippen molar-refractivity contribution >= 4 is 44.8 Å². The first-order valence-corrected chi connectivity index (χ1v) is 12.3. The Morgan fingerprint density at radius 2 is 1.84 bits per heavy atom. The Bertz CT molecular complexity index is 1070. The molecule has 0 aromatic heterocycles. The third-order valence-corrected chi connectivity index (χ3v) is 5.94. The lowest BCUT2D eigenvalue weighted by molar-refractivity contribution is -0.116. The molecule has 0 saturated carbocycles. The summed E-state index contributed by atoms with van der Waals surface area (Å²) in [6.45, 7) is 3.79. The molecule has 0 aliphatic rings. The molecule has 0 aliphatic heterocycles. The molecule has 10 heteroatoms. The van der Waals surface area contributed by atoms with E-state index < -0.39 is 10.0 Å². The number of sulfonamides is 1. The van der Waals surface area contributed by atoms with Gasteiger partial charge in [-0.15, -0.1) is 0 Å². The van der Waals surface area contributed by atoms with Crippen LogP contribution in [0.25, 0.3) is 0 Å². The van der Waals surface area contributed by atoms with Gasteiger partial charge in [0.25, 0.3) is 5.91 Å². The Balaban J connectivity index is 2.05. The summed E-state index contributed by atoms with van der Waals surface area (Å²) in [7, 11) is -2.12. The fourth-order valence-corrected chi connectivity index (χ4v) is 4.23. The van der Waals surface area contributed by atoms with Crippen molar-refractivity contribution in [2.45, 2.75) is 32.7 Å². The topological polar surface area (TPSA) is 105 Å². The first-order chi connectivity index (χ1) is 15.0. The Morgan fingerprint density at radius 3 is 2.44 bits per heavy atom. The van der Waals surface area contributed by atoms with Crippen molar-refractivity contribution in [2.24, 2.45) is 0 Å². The van der Waals surface area contributed by atoms with Crippen LogP contribution in [0.5, 0.6) is 5.75 Å². The van der Waals surface area contributed by atoms with Crippen molar-refractivity contribution in [1.29, 1.82) is 0 Å². The van der Waals surface area contributed by atoms with Gasteiger partial charge in [0.05, 0.1) is 35.3 Å². The van der Waals surface area contributed by atoms with Gasteiger partial charge in [0.1, 0.15) is 5.75 Å². The molecule has 2 rings (SSSR count). The van der Waals surface area contributed by atoms with Crippen LogP contribution in [0, 0.1) is 0 Å². The number of rotatable bonds is 10. The Morgan fingerprint density at radius 1 is 1.16 bits per heavy atom. The number of hydrogen-bond acceptors (Lipinski definition) is 5. The van der Waals surface area contributed by atoms with Gasteiger partial charge in [0.15, 0.2) is 0 Å². The molecule has 0 bridgehead atoms. The summed E-state index contributed by atoms with van der Waals surface area (Å²) in [6.07, 6.45) is 1.42. The van der Waals surface area contributed by atoms with Crippen LogP contribution in [0.3, 0.4) is 0 Å². The Labute approximate surface area is 193 Å². The van der Waals surface area contributed by atoms with Crippen molar-refractivity contribution in [3.05, 3.63) is 53.1 Å². The molecule has 2 N–H and O–H groups in total. The minimum absolute atomic E-state index is 0.0420. The summed E-state index contributed by atoms with van der Waals surface area (Å²) in [6, 6.07) is 11.4. The van der Waals surface area contributed by atoms with Crippen LogP contribution in [0.2, 0.25) is 5.02 Å². The molecular weight excluding hydrogens is 454 g/mol. The normalized spacial score (nSPS) is 11.2. The number of halogens is 1. The number of nitrogens with zero attached hydrogens (tertiary/aromatic N) is 1. The number of methoxy groups -OCH3 is 1. The van der Waals surface area contributed by atoms with Gasteiger partial charge >= 0.3 is 0 Å². The van der Waals surface area contributed by atoms with Crippen LogP contribution in [-0.4, -0.2) is 46.2 Å². The van der Waals surface area contributed by atoms with Gasteiger partial charge in [-0.25, -0.2) is 8.42 Å². The molecule has 0 fully saturated rings. The van der Waals surface area contributed by atoms with E-state index in [4.69, 9.17) is 16.3 Å². The average Bonchev–Trinajstić information content (AvgIpc) is 2.70. The predicted octanol–water partition coefficient (Wildman–Crippen LogP) is 3.67. The lowest BCUT2D eigenvalue weighted by Gasteiger charge is -2.23. The third-order valence-electron chi connectivity index (χ3n) is 4.45. The standard InChI is InChI=1S/C22H28ClN3O5S/c1-15(2)24-22(28)17-8-5-6-9-19(17)25-21(27)10-7-13-26(32(4,29)30)16-11-12-20(31-3)18(23)14-16/h5-6,8-9,11-12,14-15H,7,10,13H2,1-4H3,(H,24,28)(H,25,27). The fourth-order valence-electron chi connectivity index (χ4n) is 3.02. The highest BCUT2D eigenvalue weighted by Crippen LogP contribution is 2.30. The van der Waals surface area contributed by atoms with E-state index in [-0.39, 0.29) is 42.3 Å². The quantitative estimate of drug-likeness (QED) is 0.538. The second-order valence-electron chi connectivity index (χ2n) is 7.48. The number of benzene rings is 2. The summed E-state index contributed by atoms with van der Waals surface area (Å²) in [4.78, 5) is 24.8. The zero-order chi connectivity index (χ0) is 23.9. The number of hydrogen-bond donors (Lipinski definition) is 2. The summed E-state index contributed by atoms with van der Waals surface area (Å²) in [5.74, 6) is -0.171. The largest absolute Gasteiger partial charge is 0.495 e. The van der Waals surface area contributed by atoms with Crippen LogP contribution < -0.4 is 19.7 Å². The maximum atomic E-state index is 12.5. The zero-order valence-electron chi connectivity index (χ0n) is 18.5. The van der Waals surface area contributed by atoms with Crippen molar-refractivity contribution in [2.75, 3.05) is 29.5 Å². The second kappa shape index (κ2) is 11.2. The minimum Gasteiger partial charge on any atom is -0.495 e. The summed E-state index contributed by atoms with van der Waals surface area (Å²) < 4.78 is 30.8. The predicted molar refractivity (Wildman–Crippen MR) is 127 cm³/mol. The van der Waals surface area contributed by atoms with E-state index in [0.717, 1.165) is 6.26 Å². The van der Waals surface area contributed by atoms with Gasteiger partial charge in [-0.2, -0.15) is 0 Å². The van der Waals surface area contributed by atoms with Gasteiger partial charge in [-0.1, -0.05) is 23.7 Å². The number of para-hydroxylation sites is 1. The van der Waals surface area contributed by atoms with Crippen LogP contribution in [0.15, 0.2) is 42.5 Å². The maximum absolute atomic E-state index is 12.5. The molecule has 0 spiro atoms. The van der Waals surface area contributed by atoms with Gasteiger partial charge in [-0.3, -0.25) is 13.9 Å². The van der Waals surface area contributed by atoms with Crippen LogP contribution in [0.1, 0.15) is 37.0 Å². The average molecular weight is 482 g/mol. The summed E-state index contributed by atoms with van der Waals surface area (Å²) >= 11 is 6.13. The molecule has 0 aliphatic carbocycles. The highest BCUT2D eigenvalue weighted by molar-refractivity contribution is 7.92. The fraction of sp³-hybridized carbons (Fsp3) is 0.364. The van der Waals surface area contributed by atoms with E-state index >= 15 is 0 Å². The zero-order valence-corrected chi connectivity index (χ0v) is 20.1. The smallest absolute Gasteiger partial charge is 0.253 e. The van der Waals surface area contributed by atoms with Crippen molar-refractivity contribution in [1.82, 2.24) is 5.32 Å². The van der Waals surface area contributed by atoms with E-state index in [1.807, 2.05) is 13.8 Å². The number of nitrogens with one attached hydrogen (secondary N) is 2. The van der Waals surface area contributed by atoms with Crippen molar-refractivity contribution < 1.29 is 22.7 Å². The molecule has 2 aromatic rings. The lowest BCUT2D eigenvalue weighted by Crippen LogP contribution is -2.32. The molecule has 32 heavy (non-hydrogen) atoms. The van der Waals surface area contributed by atoms with Crippen molar-refractivity contribution in [3.8, 4) is 5.75 Å². The number of ether oxygens (including phenoxy) is 1. The third kappa shape index (κ3) is 7.13. The number of amides is 2. The molecule has 2 amide bonds. The van der Waals surface area contributed by atoms with E-state index in [2.05, 4.69) is 10.6 Å². The Kier molecular flexibility index (Phi) is 8.91. The van der Waals surface area contributed by atoms with Crippen LogP contribution in [-0.2, 0) is 14.8 Å². The van der Waals surface area contributed by atoms with Gasteiger partial charge < -0.3 is 15.4 Å². The van der Waals surface area contributed by atoms with Crippen LogP contribution >= 0.6 is 11.6 Å². The van der Waals surface area contributed by atoms with E-state index in [1.54, 1.807) is 36.4 Å². The highest BCUT2D eigenvalue weighted by Gasteiger charge is 2.19. The first kappa shape index (κ1) is 25.5. The molecule has 0 saturated heterocycles. The number of carbonyl (C=O) groups is 2. The van der Waals surface area contributed by atoms with E-state index in [9.17, 15) is 18.0 Å².